The summed E-state index contributed by atoms with van der Waals surface area (Å²) in [6.07, 6.45) is 0. The van der Waals surface area contributed by atoms with Crippen molar-refractivity contribution in [1.29, 1.82) is 0 Å². The zero-order valence-electron chi connectivity index (χ0n) is 15.4. The maximum atomic E-state index is 11.0. The Labute approximate surface area is 167 Å². The predicted octanol–water partition coefficient (Wildman–Crippen LogP) is 5.24. The predicted molar refractivity (Wildman–Crippen MR) is 111 cm³/mol. The van der Waals surface area contributed by atoms with Crippen molar-refractivity contribution in [3.05, 3.63) is 66.2 Å². The molecule has 3 aromatic carbocycles. The molecule has 0 saturated carbocycles. The van der Waals surface area contributed by atoms with E-state index in [-0.39, 0.29) is 4.90 Å². The highest BCUT2D eigenvalue weighted by Gasteiger charge is 2.08. The molecule has 0 atom stereocenters. The first-order valence-electron chi connectivity index (χ1n) is 8.39. The van der Waals surface area contributed by atoms with Crippen molar-refractivity contribution in [2.75, 3.05) is 11.5 Å². The molecule has 0 heterocycles. The van der Waals surface area contributed by atoms with Crippen LogP contribution in [-0.2, 0) is 10.1 Å². The lowest BCUT2D eigenvalue weighted by atomic mass is 10.1. The summed E-state index contributed by atoms with van der Waals surface area (Å²) in [5.41, 5.74) is 15.8. The molecule has 0 amide bonds. The minimum absolute atomic E-state index is 0.205. The van der Waals surface area contributed by atoms with Crippen LogP contribution in [0, 0.1) is 6.92 Å². The highest BCUT2D eigenvalue weighted by molar-refractivity contribution is 7.85. The van der Waals surface area contributed by atoms with Crippen molar-refractivity contribution >= 4 is 44.2 Å². The van der Waals surface area contributed by atoms with Gasteiger partial charge in [0.1, 0.15) is 5.69 Å². The Hall–Kier alpha value is -3.63. The van der Waals surface area contributed by atoms with E-state index in [0.717, 1.165) is 5.56 Å². The lowest BCUT2D eigenvalue weighted by Crippen LogP contribution is -1.96. The Morgan fingerprint density at radius 2 is 1.17 bits per heavy atom. The summed E-state index contributed by atoms with van der Waals surface area (Å²) >= 11 is 0. The molecule has 0 aliphatic carbocycles. The third-order valence-electron chi connectivity index (χ3n) is 3.95. The molecule has 0 radical (unpaired) electrons. The second-order valence-corrected chi connectivity index (χ2v) is 7.57. The van der Waals surface area contributed by atoms with Crippen LogP contribution in [0.5, 0.6) is 0 Å². The number of anilines is 2. The molecule has 9 nitrogen and oxygen atoms in total. The van der Waals surface area contributed by atoms with Crippen LogP contribution in [0.25, 0.3) is 0 Å². The molecule has 0 aromatic heterocycles. The van der Waals surface area contributed by atoms with Gasteiger partial charge < -0.3 is 11.5 Å². The van der Waals surface area contributed by atoms with E-state index in [0.29, 0.717) is 34.1 Å². The normalized spacial score (nSPS) is 12.1. The van der Waals surface area contributed by atoms with Gasteiger partial charge in [0.2, 0.25) is 0 Å². The zero-order valence-corrected chi connectivity index (χ0v) is 16.2. The van der Waals surface area contributed by atoms with Crippen LogP contribution in [0.15, 0.2) is 86.0 Å². The monoisotopic (exact) mass is 410 g/mol. The van der Waals surface area contributed by atoms with Gasteiger partial charge in [-0.3, -0.25) is 4.55 Å². The summed E-state index contributed by atoms with van der Waals surface area (Å²) in [4.78, 5) is -0.205. The van der Waals surface area contributed by atoms with Gasteiger partial charge >= 0.3 is 0 Å². The van der Waals surface area contributed by atoms with Gasteiger partial charge in [-0.25, -0.2) is 0 Å². The van der Waals surface area contributed by atoms with Crippen molar-refractivity contribution < 1.29 is 13.0 Å². The summed E-state index contributed by atoms with van der Waals surface area (Å²) < 4.78 is 31.0. The standard InChI is InChI=1S/C19H18N6O3S/c1-12-10-19(18(21)11-17(12)20)25-24-14-4-2-13(3-5-14)22-23-15-6-8-16(9-7-15)29(26,27)28/h2-11H,20-21H2,1H3,(H,26,27,28). The number of azo groups is 2. The first kappa shape index (κ1) is 20.1. The van der Waals surface area contributed by atoms with Crippen molar-refractivity contribution in [2.24, 2.45) is 20.5 Å². The summed E-state index contributed by atoms with van der Waals surface area (Å²) in [6.45, 7) is 1.86. The van der Waals surface area contributed by atoms with Gasteiger partial charge in [-0.2, -0.15) is 23.8 Å². The molecule has 0 aliphatic rings. The molecule has 29 heavy (non-hydrogen) atoms. The number of benzene rings is 3. The number of hydrogen-bond donors (Lipinski definition) is 3. The average Bonchev–Trinajstić information content (AvgIpc) is 2.68. The second kappa shape index (κ2) is 8.17. The van der Waals surface area contributed by atoms with Crippen molar-refractivity contribution in [1.82, 2.24) is 0 Å². The van der Waals surface area contributed by atoms with Gasteiger partial charge in [-0.15, -0.1) is 5.11 Å². The van der Waals surface area contributed by atoms with Crippen molar-refractivity contribution in [3.8, 4) is 0 Å². The Bertz CT molecular complexity index is 1190. The van der Waals surface area contributed by atoms with Crippen LogP contribution in [0.4, 0.5) is 34.1 Å². The average molecular weight is 410 g/mol. The molecule has 0 saturated heterocycles. The molecular weight excluding hydrogens is 392 g/mol. The number of hydrogen-bond acceptors (Lipinski definition) is 8. The molecule has 3 rings (SSSR count). The summed E-state index contributed by atoms with van der Waals surface area (Å²) in [5, 5.41) is 16.4. The van der Waals surface area contributed by atoms with E-state index < -0.39 is 10.1 Å². The van der Waals surface area contributed by atoms with Gasteiger partial charge in [-0.05, 0) is 73.2 Å². The van der Waals surface area contributed by atoms with Crippen LogP contribution < -0.4 is 11.5 Å². The van der Waals surface area contributed by atoms with Crippen LogP contribution in [0.3, 0.4) is 0 Å². The van der Waals surface area contributed by atoms with Gasteiger partial charge in [0, 0.05) is 5.69 Å². The number of aryl methyl sites for hydroxylation is 1. The summed E-state index contributed by atoms with van der Waals surface area (Å²) in [7, 11) is -4.23. The first-order valence-corrected chi connectivity index (χ1v) is 9.83. The molecule has 0 fully saturated rings. The van der Waals surface area contributed by atoms with E-state index in [1.807, 2.05) is 6.92 Å². The highest BCUT2D eigenvalue weighted by atomic mass is 32.2. The summed E-state index contributed by atoms with van der Waals surface area (Å²) in [5.74, 6) is 0. The SMILES string of the molecule is Cc1cc(N=Nc2ccc(N=Nc3ccc(S(=O)(=O)O)cc3)cc2)c(N)cc1N. The molecule has 0 unspecified atom stereocenters. The van der Waals surface area contributed by atoms with E-state index in [9.17, 15) is 8.42 Å². The zero-order chi connectivity index (χ0) is 21.0. The topological polar surface area (TPSA) is 156 Å². The smallest absolute Gasteiger partial charge is 0.294 e. The first-order chi connectivity index (χ1) is 13.7. The fraction of sp³-hybridized carbons (Fsp3) is 0.0526. The Balaban J connectivity index is 1.70. The lowest BCUT2D eigenvalue weighted by Gasteiger charge is -2.04. The molecule has 0 aliphatic heterocycles. The van der Waals surface area contributed by atoms with Crippen LogP contribution >= 0.6 is 0 Å². The number of nitrogen functional groups attached to an aromatic ring is 2. The Morgan fingerprint density at radius 3 is 1.66 bits per heavy atom. The molecule has 0 spiro atoms. The summed E-state index contributed by atoms with van der Waals surface area (Å²) in [6, 6.07) is 15.7. The van der Waals surface area contributed by atoms with Crippen molar-refractivity contribution in [3.63, 3.8) is 0 Å². The third-order valence-corrected chi connectivity index (χ3v) is 4.82. The fourth-order valence-electron chi connectivity index (χ4n) is 2.31. The number of nitrogens with zero attached hydrogens (tertiary/aromatic N) is 4. The minimum atomic E-state index is -4.23. The highest BCUT2D eigenvalue weighted by Crippen LogP contribution is 2.29. The molecule has 0 bridgehead atoms. The maximum Gasteiger partial charge on any atom is 0.294 e. The van der Waals surface area contributed by atoms with E-state index in [2.05, 4.69) is 20.5 Å². The Morgan fingerprint density at radius 1 is 0.724 bits per heavy atom. The van der Waals surface area contributed by atoms with Crippen LogP contribution in [-0.4, -0.2) is 13.0 Å². The van der Waals surface area contributed by atoms with E-state index in [1.165, 1.54) is 24.3 Å². The van der Waals surface area contributed by atoms with E-state index in [1.54, 1.807) is 36.4 Å². The van der Waals surface area contributed by atoms with Crippen molar-refractivity contribution in [2.45, 2.75) is 11.8 Å². The minimum Gasteiger partial charge on any atom is -0.398 e. The van der Waals surface area contributed by atoms with E-state index >= 15 is 0 Å². The quantitative estimate of drug-likeness (QED) is 0.298. The number of rotatable bonds is 5. The molecule has 148 valence electrons. The fourth-order valence-corrected chi connectivity index (χ4v) is 2.79. The lowest BCUT2D eigenvalue weighted by molar-refractivity contribution is 0.483. The molecule has 10 heteroatoms. The van der Waals surface area contributed by atoms with Gasteiger partial charge in [0.15, 0.2) is 0 Å². The maximum absolute atomic E-state index is 11.0. The van der Waals surface area contributed by atoms with E-state index in [4.69, 9.17) is 16.0 Å². The molecule has 5 N–H and O–H groups in total. The number of nitrogens with two attached hydrogens (primary N) is 2. The van der Waals surface area contributed by atoms with Gasteiger partial charge in [0.25, 0.3) is 10.1 Å². The molecular formula is C19H18N6O3S. The van der Waals surface area contributed by atoms with Crippen LogP contribution in [0.1, 0.15) is 5.56 Å². The molecule has 3 aromatic rings. The van der Waals surface area contributed by atoms with Gasteiger partial charge in [-0.1, -0.05) is 0 Å². The third kappa shape index (κ3) is 5.21. The Kier molecular flexibility index (Phi) is 5.66. The van der Waals surface area contributed by atoms with Gasteiger partial charge in [0.05, 0.1) is 27.6 Å². The van der Waals surface area contributed by atoms with Crippen LogP contribution in [0.2, 0.25) is 0 Å². The second-order valence-electron chi connectivity index (χ2n) is 6.15. The largest absolute Gasteiger partial charge is 0.398 e.